The fourth-order valence-electron chi connectivity index (χ4n) is 2.86. The third-order valence-corrected chi connectivity index (χ3v) is 4.50. The van der Waals surface area contributed by atoms with Gasteiger partial charge in [0.1, 0.15) is 11.5 Å². The molecule has 2 amide bonds. The maximum atomic E-state index is 13.7. The molecule has 0 spiro atoms. The van der Waals surface area contributed by atoms with Crippen LogP contribution in [0.1, 0.15) is 36.8 Å². The first-order chi connectivity index (χ1) is 12.9. The number of hydrogen-bond donors (Lipinski definition) is 1. The van der Waals surface area contributed by atoms with Crippen LogP contribution < -0.4 is 0 Å². The lowest BCUT2D eigenvalue weighted by molar-refractivity contribution is 0.0531. The monoisotopic (exact) mass is 371 g/mol. The van der Waals surface area contributed by atoms with Crippen LogP contribution in [0, 0.1) is 12.7 Å². The van der Waals surface area contributed by atoms with E-state index in [1.165, 1.54) is 29.3 Å². The predicted molar refractivity (Wildman–Crippen MR) is 94.1 cm³/mol. The topological polar surface area (TPSA) is 90.8 Å². The van der Waals surface area contributed by atoms with Crippen molar-refractivity contribution in [2.75, 3.05) is 26.2 Å². The molecule has 0 bridgehead atoms. The summed E-state index contributed by atoms with van der Waals surface area (Å²) in [5.74, 6) is -2.23. The molecule has 140 valence electrons. The Kier molecular flexibility index (Phi) is 5.16. The molecule has 27 heavy (non-hydrogen) atoms. The number of halogens is 1. The van der Waals surface area contributed by atoms with Crippen molar-refractivity contribution in [3.05, 3.63) is 64.7 Å². The van der Waals surface area contributed by atoms with Crippen LogP contribution in [0.5, 0.6) is 0 Å². The van der Waals surface area contributed by atoms with Gasteiger partial charge in [0.25, 0.3) is 11.8 Å². The minimum absolute atomic E-state index is 0.0106. The number of amides is 2. The van der Waals surface area contributed by atoms with Gasteiger partial charge in [-0.05, 0) is 36.8 Å². The highest BCUT2D eigenvalue weighted by atomic mass is 19.1. The van der Waals surface area contributed by atoms with Gasteiger partial charge in [-0.1, -0.05) is 6.07 Å². The quantitative estimate of drug-likeness (QED) is 0.889. The highest BCUT2D eigenvalue weighted by Crippen LogP contribution is 2.14. The molecule has 0 atom stereocenters. The van der Waals surface area contributed by atoms with Crippen LogP contribution in [-0.2, 0) is 0 Å². The van der Waals surface area contributed by atoms with Crippen LogP contribution in [0.15, 0.2) is 36.5 Å². The molecule has 1 N–H and O–H groups in total. The zero-order chi connectivity index (χ0) is 19.6. The van der Waals surface area contributed by atoms with Gasteiger partial charge in [0, 0.05) is 37.9 Å². The third kappa shape index (κ3) is 3.94. The molecule has 1 aliphatic rings. The molecule has 0 saturated carbocycles. The smallest absolute Gasteiger partial charge is 0.335 e. The average molecular weight is 371 g/mol. The average Bonchev–Trinajstić information content (AvgIpc) is 2.69. The summed E-state index contributed by atoms with van der Waals surface area (Å²) < 4.78 is 13.7. The molecule has 1 aromatic heterocycles. The van der Waals surface area contributed by atoms with Crippen molar-refractivity contribution in [1.29, 1.82) is 0 Å². The lowest BCUT2D eigenvalue weighted by Crippen LogP contribution is -2.50. The van der Waals surface area contributed by atoms with E-state index in [-0.39, 0.29) is 41.7 Å². The first-order valence-electron chi connectivity index (χ1n) is 8.41. The number of aromatic nitrogens is 1. The van der Waals surface area contributed by atoms with Gasteiger partial charge in [0.15, 0.2) is 0 Å². The van der Waals surface area contributed by atoms with E-state index in [2.05, 4.69) is 4.98 Å². The van der Waals surface area contributed by atoms with Crippen LogP contribution in [0.25, 0.3) is 0 Å². The van der Waals surface area contributed by atoms with Gasteiger partial charge >= 0.3 is 5.97 Å². The van der Waals surface area contributed by atoms with Crippen molar-refractivity contribution in [2.45, 2.75) is 6.92 Å². The molecular formula is C19H18FN3O4. The second-order valence-corrected chi connectivity index (χ2v) is 6.28. The largest absolute Gasteiger partial charge is 0.478 e. The normalized spacial score (nSPS) is 14.1. The second kappa shape index (κ2) is 7.53. The molecule has 1 fully saturated rings. The number of nitrogens with zero attached hydrogens (tertiary/aromatic N) is 3. The van der Waals surface area contributed by atoms with Crippen LogP contribution in [0.3, 0.4) is 0 Å². The summed E-state index contributed by atoms with van der Waals surface area (Å²) in [5, 5.41) is 9.02. The predicted octanol–water partition coefficient (Wildman–Crippen LogP) is 1.83. The highest BCUT2D eigenvalue weighted by Gasteiger charge is 2.26. The molecule has 1 aromatic carbocycles. The SMILES string of the molecule is Cc1ccc(C(=O)N2CCN(C(=O)c3cc(C(=O)O)ccn3)CC2)cc1F. The number of aromatic carboxylic acids is 1. The molecule has 3 rings (SSSR count). The Hall–Kier alpha value is -3.29. The van der Waals surface area contributed by atoms with E-state index in [1.807, 2.05) is 0 Å². The summed E-state index contributed by atoms with van der Waals surface area (Å²) in [7, 11) is 0. The van der Waals surface area contributed by atoms with Crippen molar-refractivity contribution in [2.24, 2.45) is 0 Å². The number of carboxylic acids is 1. The van der Waals surface area contributed by atoms with Crippen molar-refractivity contribution >= 4 is 17.8 Å². The van der Waals surface area contributed by atoms with Gasteiger partial charge < -0.3 is 14.9 Å². The molecule has 0 aliphatic carbocycles. The van der Waals surface area contributed by atoms with E-state index >= 15 is 0 Å². The van der Waals surface area contributed by atoms with E-state index in [0.29, 0.717) is 18.7 Å². The van der Waals surface area contributed by atoms with Gasteiger partial charge in [-0.2, -0.15) is 0 Å². The number of piperazine rings is 1. The number of pyridine rings is 1. The molecule has 8 heteroatoms. The number of carbonyl (C=O) groups is 3. The summed E-state index contributed by atoms with van der Waals surface area (Å²) >= 11 is 0. The van der Waals surface area contributed by atoms with Crippen LogP contribution in [0.4, 0.5) is 4.39 Å². The summed E-state index contributed by atoms with van der Waals surface area (Å²) in [5.41, 5.74) is 0.783. The fraction of sp³-hybridized carbons (Fsp3) is 0.263. The van der Waals surface area contributed by atoms with E-state index in [4.69, 9.17) is 5.11 Å². The zero-order valence-electron chi connectivity index (χ0n) is 14.7. The maximum Gasteiger partial charge on any atom is 0.335 e. The van der Waals surface area contributed by atoms with Crippen molar-refractivity contribution in [3.8, 4) is 0 Å². The summed E-state index contributed by atoms with van der Waals surface area (Å²) in [6.45, 7) is 2.81. The zero-order valence-corrected chi connectivity index (χ0v) is 14.7. The number of rotatable bonds is 3. The number of carboxylic acid groups (broad SMARTS) is 1. The van der Waals surface area contributed by atoms with Gasteiger partial charge in [-0.25, -0.2) is 9.18 Å². The van der Waals surface area contributed by atoms with Gasteiger partial charge in [0.2, 0.25) is 0 Å². The number of hydrogen-bond acceptors (Lipinski definition) is 4. The Morgan fingerprint density at radius 3 is 2.19 bits per heavy atom. The minimum Gasteiger partial charge on any atom is -0.478 e. The van der Waals surface area contributed by atoms with E-state index < -0.39 is 11.8 Å². The van der Waals surface area contributed by atoms with E-state index in [0.717, 1.165) is 0 Å². The van der Waals surface area contributed by atoms with Crippen LogP contribution >= 0.6 is 0 Å². The third-order valence-electron chi connectivity index (χ3n) is 4.50. The Morgan fingerprint density at radius 2 is 1.59 bits per heavy atom. The first-order valence-corrected chi connectivity index (χ1v) is 8.41. The Labute approximate surface area is 155 Å². The van der Waals surface area contributed by atoms with Crippen molar-refractivity contribution in [3.63, 3.8) is 0 Å². The van der Waals surface area contributed by atoms with Crippen LogP contribution in [-0.4, -0.2) is 63.9 Å². The fourth-order valence-corrected chi connectivity index (χ4v) is 2.86. The Balaban J connectivity index is 1.65. The Morgan fingerprint density at radius 1 is 0.963 bits per heavy atom. The van der Waals surface area contributed by atoms with Gasteiger partial charge in [-0.3, -0.25) is 14.6 Å². The summed E-state index contributed by atoms with van der Waals surface area (Å²) in [6.07, 6.45) is 1.28. The standard InChI is InChI=1S/C19H18FN3O4/c1-12-2-3-13(10-15(12)20)17(24)22-6-8-23(9-7-22)18(25)16-11-14(19(26)27)4-5-21-16/h2-5,10-11H,6-9H2,1H3,(H,26,27). The molecule has 7 nitrogen and oxygen atoms in total. The molecule has 2 heterocycles. The number of aryl methyl sites for hydroxylation is 1. The van der Waals surface area contributed by atoms with Crippen LogP contribution in [0.2, 0.25) is 0 Å². The minimum atomic E-state index is -1.13. The van der Waals surface area contributed by atoms with Crippen molar-refractivity contribution in [1.82, 2.24) is 14.8 Å². The second-order valence-electron chi connectivity index (χ2n) is 6.28. The Bertz CT molecular complexity index is 908. The van der Waals surface area contributed by atoms with Crippen molar-refractivity contribution < 1.29 is 23.9 Å². The molecule has 2 aromatic rings. The highest BCUT2D eigenvalue weighted by molar-refractivity contribution is 5.96. The number of benzene rings is 1. The molecule has 1 aliphatic heterocycles. The van der Waals surface area contributed by atoms with E-state index in [1.54, 1.807) is 24.0 Å². The summed E-state index contributed by atoms with van der Waals surface area (Å²) in [6, 6.07) is 6.91. The summed E-state index contributed by atoms with van der Waals surface area (Å²) in [4.78, 5) is 43.1. The first kappa shape index (κ1) is 18.5. The lowest BCUT2D eigenvalue weighted by atomic mass is 10.1. The van der Waals surface area contributed by atoms with Gasteiger partial charge in [-0.15, -0.1) is 0 Å². The lowest BCUT2D eigenvalue weighted by Gasteiger charge is -2.34. The number of carbonyl (C=O) groups excluding carboxylic acids is 2. The van der Waals surface area contributed by atoms with E-state index in [9.17, 15) is 18.8 Å². The molecule has 1 saturated heterocycles. The maximum absolute atomic E-state index is 13.7. The molecular weight excluding hydrogens is 353 g/mol. The molecule has 0 radical (unpaired) electrons. The molecule has 0 unspecified atom stereocenters. The van der Waals surface area contributed by atoms with Gasteiger partial charge in [0.05, 0.1) is 5.56 Å².